The summed E-state index contributed by atoms with van der Waals surface area (Å²) in [6, 6.07) is 1.34. The second kappa shape index (κ2) is 8.77. The molecule has 1 aliphatic heterocycles. The molecule has 3 rings (SSSR count). The van der Waals surface area contributed by atoms with Crippen LogP contribution >= 0.6 is 0 Å². The minimum absolute atomic E-state index is 0.112. The van der Waals surface area contributed by atoms with Crippen molar-refractivity contribution in [3.63, 3.8) is 0 Å². The van der Waals surface area contributed by atoms with Crippen molar-refractivity contribution in [2.24, 2.45) is 11.8 Å². The average Bonchev–Trinajstić information content (AvgIpc) is 3.50. The maximum absolute atomic E-state index is 13.3. The lowest BCUT2D eigenvalue weighted by Crippen LogP contribution is -2.38. The van der Waals surface area contributed by atoms with Gasteiger partial charge in [0.1, 0.15) is 11.5 Å². The van der Waals surface area contributed by atoms with Crippen LogP contribution in [0.25, 0.3) is 0 Å². The number of rotatable bonds is 7. The van der Waals surface area contributed by atoms with Crippen molar-refractivity contribution >= 4 is 11.7 Å². The van der Waals surface area contributed by atoms with E-state index in [0.29, 0.717) is 32.0 Å². The minimum atomic E-state index is -4.73. The van der Waals surface area contributed by atoms with Gasteiger partial charge in [-0.25, -0.2) is 9.97 Å². The Hall–Kier alpha value is -2.03. The third-order valence-electron chi connectivity index (χ3n) is 5.53. The van der Waals surface area contributed by atoms with Crippen LogP contribution in [0.5, 0.6) is 0 Å². The molecule has 0 spiro atoms. The van der Waals surface area contributed by atoms with Crippen molar-refractivity contribution in [3.8, 4) is 0 Å². The molecular weight excluding hydrogens is 385 g/mol. The SMILES string of the molecule is CC1CCN(C(=O)c2cc(CN(C)CCC(=O)C3CC3)nc(C(F)(F)F)n2)CC1. The fourth-order valence-electron chi connectivity index (χ4n) is 3.45. The van der Waals surface area contributed by atoms with Crippen molar-refractivity contribution in [1.82, 2.24) is 19.8 Å². The van der Waals surface area contributed by atoms with E-state index in [-0.39, 0.29) is 29.6 Å². The zero-order chi connectivity index (χ0) is 21.2. The summed E-state index contributed by atoms with van der Waals surface area (Å²) >= 11 is 0. The molecule has 1 aromatic heterocycles. The molecule has 0 unspecified atom stereocenters. The number of carbonyl (C=O) groups excluding carboxylic acids is 2. The summed E-state index contributed by atoms with van der Waals surface area (Å²) in [5, 5.41) is 0. The van der Waals surface area contributed by atoms with E-state index >= 15 is 0 Å². The Kier molecular flexibility index (Phi) is 6.55. The van der Waals surface area contributed by atoms with Gasteiger partial charge in [-0.1, -0.05) is 6.92 Å². The molecule has 0 bridgehead atoms. The van der Waals surface area contributed by atoms with Gasteiger partial charge in [-0.05, 0) is 44.7 Å². The molecule has 2 heterocycles. The lowest BCUT2D eigenvalue weighted by atomic mass is 9.99. The molecule has 1 amide bonds. The Labute approximate surface area is 168 Å². The number of halogens is 3. The average molecular weight is 412 g/mol. The molecular formula is C20H27F3N4O2. The Morgan fingerprint density at radius 3 is 2.41 bits per heavy atom. The first-order chi connectivity index (χ1) is 13.6. The summed E-state index contributed by atoms with van der Waals surface area (Å²) in [5.74, 6) is -0.928. The Bertz CT molecular complexity index is 757. The van der Waals surface area contributed by atoms with Crippen LogP contribution in [0.4, 0.5) is 13.2 Å². The largest absolute Gasteiger partial charge is 0.451 e. The van der Waals surface area contributed by atoms with Gasteiger partial charge in [-0.3, -0.25) is 9.59 Å². The third kappa shape index (κ3) is 5.98. The molecule has 0 atom stereocenters. The number of alkyl halides is 3. The van der Waals surface area contributed by atoms with Crippen molar-refractivity contribution in [3.05, 3.63) is 23.3 Å². The number of Topliss-reactive ketones (excluding diaryl/α,β-unsaturated/α-hetero) is 1. The molecule has 0 N–H and O–H groups in total. The number of nitrogens with zero attached hydrogens (tertiary/aromatic N) is 4. The van der Waals surface area contributed by atoms with Crippen molar-refractivity contribution in [2.45, 2.75) is 51.7 Å². The van der Waals surface area contributed by atoms with Gasteiger partial charge in [0.05, 0.1) is 5.69 Å². The lowest BCUT2D eigenvalue weighted by molar-refractivity contribution is -0.145. The van der Waals surface area contributed by atoms with E-state index in [9.17, 15) is 22.8 Å². The van der Waals surface area contributed by atoms with Crippen LogP contribution in [0.2, 0.25) is 0 Å². The first-order valence-corrected chi connectivity index (χ1v) is 10.1. The number of piperidine rings is 1. The van der Waals surface area contributed by atoms with Crippen LogP contribution in [0.15, 0.2) is 6.07 Å². The highest BCUT2D eigenvalue weighted by molar-refractivity contribution is 5.92. The zero-order valence-corrected chi connectivity index (χ0v) is 16.8. The molecule has 2 aliphatic rings. The van der Waals surface area contributed by atoms with Gasteiger partial charge in [0.15, 0.2) is 0 Å². The van der Waals surface area contributed by atoms with Crippen LogP contribution in [-0.4, -0.2) is 58.1 Å². The summed E-state index contributed by atoms with van der Waals surface area (Å²) in [5.41, 5.74) is -0.0956. The number of aromatic nitrogens is 2. The number of hydrogen-bond acceptors (Lipinski definition) is 5. The number of carbonyl (C=O) groups is 2. The van der Waals surface area contributed by atoms with Gasteiger partial charge in [-0.15, -0.1) is 0 Å². The summed E-state index contributed by atoms with van der Waals surface area (Å²) in [4.78, 5) is 35.0. The lowest BCUT2D eigenvalue weighted by Gasteiger charge is -2.30. The molecule has 29 heavy (non-hydrogen) atoms. The summed E-state index contributed by atoms with van der Waals surface area (Å²) in [7, 11) is 1.73. The van der Waals surface area contributed by atoms with Crippen LogP contribution in [-0.2, 0) is 17.5 Å². The van der Waals surface area contributed by atoms with Gasteiger partial charge >= 0.3 is 6.18 Å². The fraction of sp³-hybridized carbons (Fsp3) is 0.700. The molecule has 0 radical (unpaired) electrons. The monoisotopic (exact) mass is 412 g/mol. The molecule has 9 heteroatoms. The smallest absolute Gasteiger partial charge is 0.337 e. The van der Waals surface area contributed by atoms with Crippen molar-refractivity contribution in [2.75, 3.05) is 26.7 Å². The molecule has 160 valence electrons. The highest BCUT2D eigenvalue weighted by Gasteiger charge is 2.36. The maximum Gasteiger partial charge on any atom is 0.451 e. The van der Waals surface area contributed by atoms with E-state index in [1.807, 2.05) is 0 Å². The van der Waals surface area contributed by atoms with Crippen LogP contribution in [0.3, 0.4) is 0 Å². The normalized spacial score (nSPS) is 18.3. The van der Waals surface area contributed by atoms with E-state index in [2.05, 4.69) is 16.9 Å². The predicted molar refractivity (Wildman–Crippen MR) is 100 cm³/mol. The summed E-state index contributed by atoms with van der Waals surface area (Å²) < 4.78 is 39.9. The molecule has 2 fully saturated rings. The molecule has 1 saturated heterocycles. The van der Waals surface area contributed by atoms with Crippen LogP contribution < -0.4 is 0 Å². The summed E-state index contributed by atoms with van der Waals surface area (Å²) in [6.45, 7) is 3.68. The van der Waals surface area contributed by atoms with E-state index in [0.717, 1.165) is 25.7 Å². The van der Waals surface area contributed by atoms with Crippen LogP contribution in [0.1, 0.15) is 61.0 Å². The highest BCUT2D eigenvalue weighted by Crippen LogP contribution is 2.31. The van der Waals surface area contributed by atoms with Gasteiger partial charge in [-0.2, -0.15) is 13.2 Å². The Morgan fingerprint density at radius 2 is 1.83 bits per heavy atom. The number of likely N-dealkylation sites (tertiary alicyclic amines) is 1. The van der Waals surface area contributed by atoms with Gasteiger partial charge in [0, 0.05) is 38.5 Å². The van der Waals surface area contributed by atoms with E-state index in [1.165, 1.54) is 6.07 Å². The third-order valence-corrected chi connectivity index (χ3v) is 5.53. The highest BCUT2D eigenvalue weighted by atomic mass is 19.4. The van der Waals surface area contributed by atoms with Crippen LogP contribution in [0, 0.1) is 11.8 Å². The van der Waals surface area contributed by atoms with Gasteiger partial charge in [0.2, 0.25) is 5.82 Å². The second-order valence-corrected chi connectivity index (χ2v) is 8.27. The maximum atomic E-state index is 13.3. The van der Waals surface area contributed by atoms with Crippen molar-refractivity contribution < 1.29 is 22.8 Å². The predicted octanol–water partition coefficient (Wildman–Crippen LogP) is 3.17. The van der Waals surface area contributed by atoms with Crippen molar-refractivity contribution in [1.29, 1.82) is 0 Å². The fourth-order valence-corrected chi connectivity index (χ4v) is 3.45. The number of hydrogen-bond donors (Lipinski definition) is 0. The molecule has 1 saturated carbocycles. The quantitative estimate of drug-likeness (QED) is 0.688. The number of ketones is 1. The zero-order valence-electron chi connectivity index (χ0n) is 16.8. The van der Waals surface area contributed by atoms with Gasteiger partial charge < -0.3 is 9.80 Å². The van der Waals surface area contributed by atoms with E-state index in [4.69, 9.17) is 0 Å². The molecule has 0 aromatic carbocycles. The molecule has 6 nitrogen and oxygen atoms in total. The van der Waals surface area contributed by atoms with Gasteiger partial charge in [0.25, 0.3) is 5.91 Å². The minimum Gasteiger partial charge on any atom is -0.337 e. The Morgan fingerprint density at radius 1 is 1.17 bits per heavy atom. The number of amides is 1. The first kappa shape index (κ1) is 21.7. The second-order valence-electron chi connectivity index (χ2n) is 8.27. The standard InChI is InChI=1S/C20H27F3N4O2/c1-13-5-9-27(10-6-13)18(29)16-11-15(24-19(25-16)20(21,22)23)12-26(2)8-7-17(28)14-3-4-14/h11,13-14H,3-10,12H2,1-2H3. The molecule has 1 aromatic rings. The first-order valence-electron chi connectivity index (χ1n) is 10.1. The topological polar surface area (TPSA) is 66.4 Å². The summed E-state index contributed by atoms with van der Waals surface area (Å²) in [6.07, 6.45) is -0.840. The Balaban J connectivity index is 1.72. The van der Waals surface area contributed by atoms with E-state index in [1.54, 1.807) is 16.8 Å². The molecule has 1 aliphatic carbocycles. The van der Waals surface area contributed by atoms with E-state index < -0.39 is 17.9 Å².